The minimum atomic E-state index is -0.750. The maximum atomic E-state index is 2.36. The summed E-state index contributed by atoms with van der Waals surface area (Å²) in [6, 6.07) is 0. The first-order valence-corrected chi connectivity index (χ1v) is 21.6. The molecule has 0 aliphatic heterocycles. The maximum Gasteiger partial charge on any atom is 0.0594 e. The summed E-state index contributed by atoms with van der Waals surface area (Å²) in [7, 11) is -0.750. The van der Waals surface area contributed by atoms with E-state index in [0.717, 1.165) is 0 Å². The zero-order valence-corrected chi connectivity index (χ0v) is 29.4. The Labute approximate surface area is 251 Å². The van der Waals surface area contributed by atoms with Gasteiger partial charge in [0.15, 0.2) is 0 Å². The molecule has 0 aromatic rings. The van der Waals surface area contributed by atoms with E-state index in [1.165, 1.54) is 167 Å². The quantitative estimate of drug-likeness (QED) is 0.0536. The van der Waals surface area contributed by atoms with E-state index in [1.807, 2.05) is 0 Å². The molecule has 0 saturated heterocycles. The van der Waals surface area contributed by atoms with Crippen LogP contribution in [0.5, 0.6) is 0 Å². The SMILES string of the molecule is CCCCCCCCCC[P+](CCCCCCCC)(CCCCCCCCCC)CCCCCCCCCC. The molecule has 0 unspecified atom stereocenters. The third-order valence-corrected chi connectivity index (χ3v) is 14.5. The van der Waals surface area contributed by atoms with E-state index in [-0.39, 0.29) is 0 Å². The minimum absolute atomic E-state index is 0.750. The summed E-state index contributed by atoms with van der Waals surface area (Å²) >= 11 is 0. The summed E-state index contributed by atoms with van der Waals surface area (Å²) < 4.78 is 0. The Balaban J connectivity index is 4.78. The van der Waals surface area contributed by atoms with Crippen molar-refractivity contribution in [3.8, 4) is 0 Å². The minimum Gasteiger partial charge on any atom is -0.0654 e. The summed E-state index contributed by atoms with van der Waals surface area (Å²) in [6.07, 6.45) is 51.2. The Morgan fingerprint density at radius 3 is 0.538 bits per heavy atom. The fourth-order valence-electron chi connectivity index (χ4n) is 6.64. The Bertz CT molecular complexity index is 380. The number of unbranched alkanes of at least 4 members (excludes halogenated alkanes) is 26. The van der Waals surface area contributed by atoms with Crippen molar-refractivity contribution < 1.29 is 0 Å². The van der Waals surface area contributed by atoms with E-state index < -0.39 is 7.26 Å². The average Bonchev–Trinajstić information content (AvgIpc) is 2.95. The summed E-state index contributed by atoms with van der Waals surface area (Å²) in [6.45, 7) is 9.37. The predicted molar refractivity (Wildman–Crippen MR) is 188 cm³/mol. The molecule has 39 heavy (non-hydrogen) atoms. The van der Waals surface area contributed by atoms with E-state index in [4.69, 9.17) is 0 Å². The topological polar surface area (TPSA) is 0 Å². The average molecular weight is 568 g/mol. The van der Waals surface area contributed by atoms with Crippen molar-refractivity contribution in [3.63, 3.8) is 0 Å². The Kier molecular flexibility index (Phi) is 33.3. The Morgan fingerprint density at radius 1 is 0.205 bits per heavy atom. The fraction of sp³-hybridized carbons (Fsp3) is 1.00. The van der Waals surface area contributed by atoms with Gasteiger partial charge < -0.3 is 0 Å². The van der Waals surface area contributed by atoms with Crippen LogP contribution in [0.1, 0.15) is 220 Å². The van der Waals surface area contributed by atoms with Gasteiger partial charge in [0.2, 0.25) is 0 Å². The smallest absolute Gasteiger partial charge is 0.0594 e. The van der Waals surface area contributed by atoms with E-state index in [2.05, 4.69) is 27.7 Å². The second-order valence-corrected chi connectivity index (χ2v) is 17.9. The van der Waals surface area contributed by atoms with E-state index in [0.29, 0.717) is 0 Å². The molecule has 0 aromatic carbocycles. The van der Waals surface area contributed by atoms with Gasteiger partial charge in [-0.3, -0.25) is 0 Å². The molecule has 0 atom stereocenters. The van der Waals surface area contributed by atoms with Crippen molar-refractivity contribution in [1.82, 2.24) is 0 Å². The summed E-state index contributed by atoms with van der Waals surface area (Å²) in [4.78, 5) is 0. The van der Waals surface area contributed by atoms with Crippen molar-refractivity contribution in [2.24, 2.45) is 0 Å². The number of hydrogen-bond donors (Lipinski definition) is 0. The molecule has 0 aliphatic carbocycles. The number of hydrogen-bond acceptors (Lipinski definition) is 0. The van der Waals surface area contributed by atoms with Gasteiger partial charge in [0.1, 0.15) is 0 Å². The lowest BCUT2D eigenvalue weighted by Crippen LogP contribution is -2.13. The highest BCUT2D eigenvalue weighted by Gasteiger charge is 2.34. The lowest BCUT2D eigenvalue weighted by atomic mass is 10.1. The van der Waals surface area contributed by atoms with Crippen LogP contribution >= 0.6 is 7.26 Å². The van der Waals surface area contributed by atoms with Crippen LogP contribution in [-0.2, 0) is 0 Å². The van der Waals surface area contributed by atoms with Crippen molar-refractivity contribution in [2.75, 3.05) is 24.6 Å². The van der Waals surface area contributed by atoms with E-state index >= 15 is 0 Å². The highest BCUT2D eigenvalue weighted by atomic mass is 31.2. The lowest BCUT2D eigenvalue weighted by Gasteiger charge is -2.28. The molecule has 236 valence electrons. The van der Waals surface area contributed by atoms with Crippen molar-refractivity contribution in [3.05, 3.63) is 0 Å². The molecule has 0 aliphatic rings. The second kappa shape index (κ2) is 32.9. The van der Waals surface area contributed by atoms with Gasteiger partial charge in [-0.15, -0.1) is 0 Å². The molecule has 0 heterocycles. The van der Waals surface area contributed by atoms with Gasteiger partial charge in [-0.1, -0.05) is 169 Å². The van der Waals surface area contributed by atoms with Crippen LogP contribution in [0, 0.1) is 0 Å². The molecular weight excluding hydrogens is 487 g/mol. The molecule has 0 N–H and O–H groups in total. The second-order valence-electron chi connectivity index (χ2n) is 13.4. The van der Waals surface area contributed by atoms with E-state index in [9.17, 15) is 0 Å². The summed E-state index contributed by atoms with van der Waals surface area (Å²) in [5.41, 5.74) is 0. The fourth-order valence-corrected chi connectivity index (χ4v) is 11.6. The van der Waals surface area contributed by atoms with Crippen molar-refractivity contribution in [1.29, 1.82) is 0 Å². The molecule has 0 nitrogen and oxygen atoms in total. The Morgan fingerprint density at radius 2 is 0.359 bits per heavy atom. The molecule has 0 radical (unpaired) electrons. The van der Waals surface area contributed by atoms with Gasteiger partial charge in [-0.25, -0.2) is 0 Å². The standard InChI is InChI=1S/C38H80P/c1-5-9-13-17-21-24-28-32-36-39(35-31-27-20-16-12-8-4,37-33-29-25-22-18-14-10-6-2)38-34-30-26-23-19-15-11-7-3/h5-38H2,1-4H3/q+1. The van der Waals surface area contributed by atoms with Gasteiger partial charge >= 0.3 is 0 Å². The van der Waals surface area contributed by atoms with Crippen LogP contribution in [0.2, 0.25) is 0 Å². The molecule has 0 bridgehead atoms. The predicted octanol–water partition coefficient (Wildman–Crippen LogP) is 14.8. The molecule has 0 rings (SSSR count). The molecule has 0 saturated carbocycles. The third-order valence-electron chi connectivity index (χ3n) is 9.44. The van der Waals surface area contributed by atoms with Gasteiger partial charge in [0.05, 0.1) is 24.6 Å². The van der Waals surface area contributed by atoms with Crippen LogP contribution in [-0.4, -0.2) is 24.6 Å². The van der Waals surface area contributed by atoms with Crippen LogP contribution in [0.25, 0.3) is 0 Å². The van der Waals surface area contributed by atoms with Crippen molar-refractivity contribution in [2.45, 2.75) is 220 Å². The highest BCUT2D eigenvalue weighted by Crippen LogP contribution is 2.61. The monoisotopic (exact) mass is 568 g/mol. The lowest BCUT2D eigenvalue weighted by molar-refractivity contribution is 0.579. The van der Waals surface area contributed by atoms with Crippen LogP contribution in [0.3, 0.4) is 0 Å². The first-order chi connectivity index (χ1) is 19.2. The van der Waals surface area contributed by atoms with Gasteiger partial charge in [-0.2, -0.15) is 0 Å². The first-order valence-electron chi connectivity index (χ1n) is 19.1. The zero-order valence-electron chi connectivity index (χ0n) is 28.5. The Hall–Kier alpha value is 0.430. The molecular formula is C38H80P+. The van der Waals surface area contributed by atoms with Gasteiger partial charge in [-0.05, 0) is 51.4 Å². The first kappa shape index (κ1) is 39.4. The van der Waals surface area contributed by atoms with Gasteiger partial charge in [0, 0.05) is 7.26 Å². The number of rotatable bonds is 34. The molecule has 0 aromatic heterocycles. The van der Waals surface area contributed by atoms with Crippen molar-refractivity contribution >= 4 is 7.26 Å². The maximum absolute atomic E-state index is 2.36. The van der Waals surface area contributed by atoms with Crippen LogP contribution < -0.4 is 0 Å². The largest absolute Gasteiger partial charge is 0.0654 e. The zero-order chi connectivity index (χ0) is 28.5. The summed E-state index contributed by atoms with van der Waals surface area (Å²) in [5, 5.41) is 0. The third kappa shape index (κ3) is 28.3. The molecule has 0 spiro atoms. The molecule has 0 fully saturated rings. The molecule has 1 heteroatoms. The van der Waals surface area contributed by atoms with Gasteiger partial charge in [0.25, 0.3) is 0 Å². The van der Waals surface area contributed by atoms with E-state index in [1.54, 1.807) is 50.3 Å². The highest BCUT2D eigenvalue weighted by molar-refractivity contribution is 7.75. The normalized spacial score (nSPS) is 12.0. The van der Waals surface area contributed by atoms with Crippen LogP contribution in [0.15, 0.2) is 0 Å². The molecule has 0 amide bonds. The summed E-state index contributed by atoms with van der Waals surface area (Å²) in [5.74, 6) is 0. The van der Waals surface area contributed by atoms with Crippen LogP contribution in [0.4, 0.5) is 0 Å².